The highest BCUT2D eigenvalue weighted by Crippen LogP contribution is 2.47. The van der Waals surface area contributed by atoms with Crippen molar-refractivity contribution in [3.05, 3.63) is 75.9 Å². The number of aliphatic hydroxyl groups is 1. The van der Waals surface area contributed by atoms with Crippen molar-refractivity contribution in [2.45, 2.75) is 84.1 Å². The highest BCUT2D eigenvalue weighted by atomic mass is 16.5. The Balaban J connectivity index is 1.59. The number of ether oxygens (including phenoxy) is 1. The van der Waals surface area contributed by atoms with E-state index in [2.05, 4.69) is 32.9 Å². The number of nitrogens with zero attached hydrogens (tertiary/aromatic N) is 1. The molecule has 8 heteroatoms. The fourth-order valence-electron chi connectivity index (χ4n) is 5.34. The fourth-order valence-corrected chi connectivity index (χ4v) is 5.34. The van der Waals surface area contributed by atoms with Gasteiger partial charge >= 0.3 is 5.97 Å². The maximum atomic E-state index is 13.4. The molecule has 2 heterocycles. The number of aromatic hydroxyl groups is 2. The molecule has 2 aromatic carbocycles. The van der Waals surface area contributed by atoms with Crippen LogP contribution in [0.3, 0.4) is 0 Å². The standard InChI is InChI=1S/C31H37NO7/c1-18(2)7-5-8-19(3)9-6-14-31(4)26(35)16-23-25(34)15-22-24(28(23)39-31)17-32(29(22)36)27(30(37)38)20-10-12-21(33)13-11-20/h7,9-13,15,26-27,33-35H,5-6,8,14,16-17H2,1-4H3,(H,37,38)/b19-9+/t26-,27+,31-/m0/s1. The Morgan fingerprint density at radius 3 is 2.46 bits per heavy atom. The maximum Gasteiger partial charge on any atom is 0.331 e. The number of phenolic OH excluding ortho intramolecular Hbond substituents is 2. The molecular weight excluding hydrogens is 498 g/mol. The zero-order valence-electron chi connectivity index (χ0n) is 22.9. The molecule has 2 aromatic rings. The number of carbonyl (C=O) groups is 2. The number of amides is 1. The lowest BCUT2D eigenvalue weighted by Gasteiger charge is -2.41. The minimum atomic E-state index is -1.29. The van der Waals surface area contributed by atoms with E-state index in [9.17, 15) is 30.0 Å². The molecule has 0 aromatic heterocycles. The molecular formula is C31H37NO7. The first-order valence-corrected chi connectivity index (χ1v) is 13.3. The summed E-state index contributed by atoms with van der Waals surface area (Å²) >= 11 is 0. The topological polar surface area (TPSA) is 128 Å². The average molecular weight is 536 g/mol. The van der Waals surface area contributed by atoms with Crippen LogP contribution in [0.1, 0.15) is 86.5 Å². The van der Waals surface area contributed by atoms with Crippen molar-refractivity contribution >= 4 is 11.9 Å². The monoisotopic (exact) mass is 535 g/mol. The Morgan fingerprint density at radius 2 is 1.82 bits per heavy atom. The van der Waals surface area contributed by atoms with E-state index in [-0.39, 0.29) is 30.0 Å². The van der Waals surface area contributed by atoms with Crippen LogP contribution in [0.25, 0.3) is 0 Å². The van der Waals surface area contributed by atoms with Gasteiger partial charge in [0.25, 0.3) is 5.91 Å². The number of hydrogen-bond donors (Lipinski definition) is 4. The van der Waals surface area contributed by atoms with E-state index in [0.717, 1.165) is 12.8 Å². The molecule has 39 heavy (non-hydrogen) atoms. The first-order chi connectivity index (χ1) is 18.4. The Morgan fingerprint density at radius 1 is 1.13 bits per heavy atom. The highest BCUT2D eigenvalue weighted by Gasteiger charge is 2.46. The molecule has 8 nitrogen and oxygen atoms in total. The lowest BCUT2D eigenvalue weighted by atomic mass is 9.84. The number of phenols is 2. The number of carboxylic acid groups (broad SMARTS) is 1. The van der Waals surface area contributed by atoms with Crippen molar-refractivity contribution < 1.29 is 34.8 Å². The van der Waals surface area contributed by atoms with Gasteiger partial charge in [0.1, 0.15) is 22.8 Å². The number of rotatable bonds is 9. The molecule has 0 bridgehead atoms. The molecule has 2 aliphatic rings. The number of aliphatic carboxylic acids is 1. The van der Waals surface area contributed by atoms with Crippen LogP contribution in [-0.2, 0) is 17.8 Å². The van der Waals surface area contributed by atoms with E-state index in [1.165, 1.54) is 46.4 Å². The van der Waals surface area contributed by atoms with Gasteiger partial charge < -0.3 is 30.1 Å². The van der Waals surface area contributed by atoms with Gasteiger partial charge in [-0.3, -0.25) is 4.79 Å². The van der Waals surface area contributed by atoms with Gasteiger partial charge in [0.2, 0.25) is 0 Å². The number of allylic oxidation sites excluding steroid dienone is 4. The van der Waals surface area contributed by atoms with Gasteiger partial charge in [-0.1, -0.05) is 35.4 Å². The Kier molecular flexibility index (Phi) is 8.07. The van der Waals surface area contributed by atoms with Crippen molar-refractivity contribution in [2.75, 3.05) is 0 Å². The van der Waals surface area contributed by atoms with Gasteiger partial charge in [-0.05, 0) is 77.1 Å². The summed E-state index contributed by atoms with van der Waals surface area (Å²) in [5, 5.41) is 41.4. The molecule has 4 rings (SSSR count). The lowest BCUT2D eigenvalue weighted by Crippen LogP contribution is -2.49. The van der Waals surface area contributed by atoms with Crippen LogP contribution in [0.5, 0.6) is 17.2 Å². The lowest BCUT2D eigenvalue weighted by molar-refractivity contribution is -0.142. The number of carboxylic acids is 1. The van der Waals surface area contributed by atoms with E-state index < -0.39 is 29.6 Å². The summed E-state index contributed by atoms with van der Waals surface area (Å²) in [6.07, 6.45) is 6.80. The molecule has 0 fully saturated rings. The van der Waals surface area contributed by atoms with Gasteiger partial charge in [-0.2, -0.15) is 0 Å². The summed E-state index contributed by atoms with van der Waals surface area (Å²) < 4.78 is 6.40. The van der Waals surface area contributed by atoms with Crippen molar-refractivity contribution in [1.29, 1.82) is 0 Å². The van der Waals surface area contributed by atoms with Gasteiger partial charge in [-0.25, -0.2) is 4.79 Å². The van der Waals surface area contributed by atoms with Gasteiger partial charge in [0.15, 0.2) is 6.04 Å². The normalized spacial score (nSPS) is 21.2. The Bertz CT molecular complexity index is 1320. The third kappa shape index (κ3) is 5.81. The summed E-state index contributed by atoms with van der Waals surface area (Å²) in [5.74, 6) is -1.58. The molecule has 0 spiro atoms. The van der Waals surface area contributed by atoms with Crippen LogP contribution in [0, 0.1) is 0 Å². The zero-order chi connectivity index (χ0) is 28.5. The van der Waals surface area contributed by atoms with Gasteiger partial charge in [0.05, 0.1) is 18.2 Å². The van der Waals surface area contributed by atoms with Crippen LogP contribution >= 0.6 is 0 Å². The van der Waals surface area contributed by atoms with Crippen LogP contribution in [0.2, 0.25) is 0 Å². The maximum absolute atomic E-state index is 13.4. The number of aliphatic hydroxyl groups excluding tert-OH is 1. The summed E-state index contributed by atoms with van der Waals surface area (Å²) in [7, 11) is 0. The number of fused-ring (bicyclic) bond motifs is 3. The third-order valence-electron chi connectivity index (χ3n) is 7.70. The van der Waals surface area contributed by atoms with Crippen LogP contribution in [-0.4, -0.2) is 48.9 Å². The zero-order valence-corrected chi connectivity index (χ0v) is 22.9. The van der Waals surface area contributed by atoms with Gasteiger partial charge in [-0.15, -0.1) is 0 Å². The van der Waals surface area contributed by atoms with Crippen molar-refractivity contribution in [2.24, 2.45) is 0 Å². The minimum absolute atomic E-state index is 0.0120. The van der Waals surface area contributed by atoms with Crippen LogP contribution < -0.4 is 4.74 Å². The SMILES string of the molecule is CC(C)=CCC/C(C)=C/CC[C@]1(C)Oc2c(c(O)cc3c2CN([C@@H](C(=O)O)c2ccc(O)cc2)C3=O)C[C@@H]1O. The second-order valence-corrected chi connectivity index (χ2v) is 11.0. The summed E-state index contributed by atoms with van der Waals surface area (Å²) in [6, 6.07) is 5.74. The first-order valence-electron chi connectivity index (χ1n) is 13.3. The molecule has 2 aliphatic heterocycles. The predicted octanol–water partition coefficient (Wildman–Crippen LogP) is 5.41. The van der Waals surface area contributed by atoms with E-state index >= 15 is 0 Å². The first kappa shape index (κ1) is 28.2. The van der Waals surface area contributed by atoms with Gasteiger partial charge in [0, 0.05) is 17.5 Å². The molecule has 1 amide bonds. The minimum Gasteiger partial charge on any atom is -0.508 e. The quantitative estimate of drug-likeness (QED) is 0.316. The van der Waals surface area contributed by atoms with Crippen molar-refractivity contribution in [3.63, 3.8) is 0 Å². The van der Waals surface area contributed by atoms with Crippen LogP contribution in [0.15, 0.2) is 53.6 Å². The molecule has 4 N–H and O–H groups in total. The van der Waals surface area contributed by atoms with Crippen molar-refractivity contribution in [1.82, 2.24) is 4.90 Å². The molecule has 0 unspecified atom stereocenters. The van der Waals surface area contributed by atoms with E-state index in [0.29, 0.717) is 35.3 Å². The van der Waals surface area contributed by atoms with Crippen LogP contribution in [0.4, 0.5) is 0 Å². The number of hydrogen-bond acceptors (Lipinski definition) is 6. The average Bonchev–Trinajstić information content (AvgIpc) is 3.17. The van der Waals surface area contributed by atoms with E-state index in [1.54, 1.807) is 0 Å². The summed E-state index contributed by atoms with van der Waals surface area (Å²) in [6.45, 7) is 8.05. The molecule has 0 aliphatic carbocycles. The Labute approximate surface area is 228 Å². The fraction of sp³-hybridized carbons (Fsp3) is 0.419. The number of benzene rings is 2. The van der Waals surface area contributed by atoms with Crippen molar-refractivity contribution in [3.8, 4) is 17.2 Å². The van der Waals surface area contributed by atoms with E-state index in [1.807, 2.05) is 6.92 Å². The molecule has 0 radical (unpaired) electrons. The molecule has 3 atom stereocenters. The molecule has 0 saturated heterocycles. The second-order valence-electron chi connectivity index (χ2n) is 11.0. The molecule has 208 valence electrons. The largest absolute Gasteiger partial charge is 0.508 e. The number of carbonyl (C=O) groups excluding carboxylic acids is 1. The predicted molar refractivity (Wildman–Crippen MR) is 147 cm³/mol. The Hall–Kier alpha value is -3.78. The smallest absolute Gasteiger partial charge is 0.331 e. The summed E-state index contributed by atoms with van der Waals surface area (Å²) in [5.41, 5.74) is 3.04. The highest BCUT2D eigenvalue weighted by molar-refractivity contribution is 6.02. The van der Waals surface area contributed by atoms with E-state index in [4.69, 9.17) is 4.74 Å². The third-order valence-corrected chi connectivity index (χ3v) is 7.70. The summed E-state index contributed by atoms with van der Waals surface area (Å²) in [4.78, 5) is 26.9. The molecule has 0 saturated carbocycles. The second kappa shape index (κ2) is 11.1.